The second kappa shape index (κ2) is 6.20. The summed E-state index contributed by atoms with van der Waals surface area (Å²) >= 11 is 1.52. The van der Waals surface area contributed by atoms with Gasteiger partial charge in [-0.05, 0) is 56.4 Å². The molecular formula is C17H24N2O3S2. The fourth-order valence-corrected chi connectivity index (χ4v) is 6.68. The lowest BCUT2D eigenvalue weighted by molar-refractivity contribution is -0.119. The van der Waals surface area contributed by atoms with E-state index < -0.39 is 10.0 Å². The first-order chi connectivity index (χ1) is 11.4. The first-order valence-corrected chi connectivity index (χ1v) is 11.2. The van der Waals surface area contributed by atoms with Crippen LogP contribution in [0.4, 0.5) is 0 Å². The highest BCUT2D eigenvalue weighted by Gasteiger charge is 2.35. The van der Waals surface area contributed by atoms with Gasteiger partial charge in [0.1, 0.15) is 5.78 Å². The molecule has 0 spiro atoms. The summed E-state index contributed by atoms with van der Waals surface area (Å²) < 4.78 is 28.6. The zero-order valence-corrected chi connectivity index (χ0v) is 15.3. The Morgan fingerprint density at radius 3 is 2.62 bits per heavy atom. The maximum atomic E-state index is 12.9. The molecule has 1 aromatic heterocycles. The third-order valence-corrected chi connectivity index (χ3v) is 8.21. The smallest absolute Gasteiger partial charge is 0.241 e. The van der Waals surface area contributed by atoms with Crippen LogP contribution in [-0.4, -0.2) is 26.8 Å². The molecule has 0 aromatic carbocycles. The molecule has 24 heavy (non-hydrogen) atoms. The molecule has 0 saturated heterocycles. The van der Waals surface area contributed by atoms with Crippen LogP contribution < -0.4 is 10.5 Å². The van der Waals surface area contributed by atoms with Crippen molar-refractivity contribution in [2.24, 2.45) is 17.6 Å². The Bertz CT molecular complexity index is 761. The number of nitrogens with two attached hydrogens (primary N) is 1. The summed E-state index contributed by atoms with van der Waals surface area (Å²) in [6.07, 6.45) is 6.68. The molecule has 0 radical (unpaired) electrons. The van der Waals surface area contributed by atoms with Gasteiger partial charge in [-0.25, -0.2) is 13.1 Å². The molecule has 3 aliphatic rings. The average molecular weight is 369 g/mol. The molecule has 1 atom stereocenters. The van der Waals surface area contributed by atoms with Crippen LogP contribution >= 0.6 is 11.3 Å². The predicted octanol–water partition coefficient (Wildman–Crippen LogP) is 1.77. The second-order valence-electron chi connectivity index (χ2n) is 7.47. The van der Waals surface area contributed by atoms with Gasteiger partial charge in [-0.15, -0.1) is 11.3 Å². The molecule has 7 heteroatoms. The van der Waals surface area contributed by atoms with Gasteiger partial charge in [0.25, 0.3) is 0 Å². The van der Waals surface area contributed by atoms with Crippen LogP contribution in [0.3, 0.4) is 0 Å². The normalized spacial score (nSPS) is 24.0. The van der Waals surface area contributed by atoms with Crippen molar-refractivity contribution in [2.75, 3.05) is 6.54 Å². The molecular weight excluding hydrogens is 344 g/mol. The first-order valence-electron chi connectivity index (χ1n) is 8.85. The molecule has 2 saturated carbocycles. The van der Waals surface area contributed by atoms with Crippen molar-refractivity contribution in [1.82, 2.24) is 4.72 Å². The van der Waals surface area contributed by atoms with Crippen LogP contribution in [0.1, 0.15) is 47.4 Å². The highest BCUT2D eigenvalue weighted by molar-refractivity contribution is 7.89. The number of Topliss-reactive ketones (excluding diaryl/α,β-unsaturated/α-hetero) is 1. The molecule has 5 nitrogen and oxygen atoms in total. The van der Waals surface area contributed by atoms with Crippen LogP contribution in [0.2, 0.25) is 0 Å². The highest BCUT2D eigenvalue weighted by atomic mass is 32.2. The van der Waals surface area contributed by atoms with Crippen molar-refractivity contribution in [3.8, 4) is 0 Å². The van der Waals surface area contributed by atoms with Gasteiger partial charge >= 0.3 is 0 Å². The van der Waals surface area contributed by atoms with Crippen molar-refractivity contribution in [3.05, 3.63) is 15.3 Å². The van der Waals surface area contributed by atoms with E-state index in [1.54, 1.807) is 0 Å². The largest absolute Gasteiger partial charge is 0.327 e. The van der Waals surface area contributed by atoms with E-state index in [-0.39, 0.29) is 24.2 Å². The minimum atomic E-state index is -3.57. The number of rotatable bonds is 7. The molecule has 132 valence electrons. The zero-order chi connectivity index (χ0) is 16.9. The lowest BCUT2D eigenvalue weighted by Gasteiger charge is -2.19. The number of fused-ring (bicyclic) bond motifs is 1. The molecule has 0 bridgehead atoms. The summed E-state index contributed by atoms with van der Waals surface area (Å²) in [7, 11) is -3.57. The first kappa shape index (κ1) is 16.7. The Morgan fingerprint density at radius 1 is 1.21 bits per heavy atom. The number of ketones is 1. The van der Waals surface area contributed by atoms with E-state index >= 15 is 0 Å². The third kappa shape index (κ3) is 3.45. The molecule has 3 aliphatic carbocycles. The number of thiophene rings is 1. The minimum Gasteiger partial charge on any atom is -0.327 e. The van der Waals surface area contributed by atoms with Crippen LogP contribution in [0.5, 0.6) is 0 Å². The number of nitrogens with one attached hydrogen (secondary N) is 1. The third-order valence-electron chi connectivity index (χ3n) is 5.21. The lowest BCUT2D eigenvalue weighted by atomic mass is 9.94. The topological polar surface area (TPSA) is 89.3 Å². The van der Waals surface area contributed by atoms with E-state index in [0.717, 1.165) is 53.8 Å². The Balaban J connectivity index is 1.67. The fourth-order valence-electron chi connectivity index (χ4n) is 3.40. The van der Waals surface area contributed by atoms with Crippen LogP contribution in [0, 0.1) is 11.8 Å². The number of carbonyl (C=O) groups is 1. The summed E-state index contributed by atoms with van der Waals surface area (Å²) in [5.74, 6) is 0.825. The van der Waals surface area contributed by atoms with E-state index in [1.807, 2.05) is 0 Å². The molecule has 1 aromatic rings. The van der Waals surface area contributed by atoms with Crippen LogP contribution in [0.25, 0.3) is 0 Å². The second-order valence-corrected chi connectivity index (χ2v) is 10.4. The Kier molecular flexibility index (Phi) is 4.31. The van der Waals surface area contributed by atoms with Crippen molar-refractivity contribution in [2.45, 2.75) is 62.3 Å². The standard InChI is InChI=1S/C17H24N2O3S2/c18-12-5-6-15-13(7-12)17(24(21,22)19-9-10-1-2-10)16(23-15)8-14(20)11-3-4-11/h10-12,19H,1-9,18H2. The lowest BCUT2D eigenvalue weighted by Crippen LogP contribution is -2.31. The van der Waals surface area contributed by atoms with Gasteiger partial charge in [0.05, 0.1) is 4.90 Å². The summed E-state index contributed by atoms with van der Waals surface area (Å²) in [6.45, 7) is 0.509. The molecule has 3 N–H and O–H groups in total. The SMILES string of the molecule is NC1CCc2sc(CC(=O)C3CC3)c(S(=O)(=O)NCC3CC3)c2C1. The number of hydrogen-bond acceptors (Lipinski definition) is 5. The molecule has 4 rings (SSSR count). The molecule has 2 fully saturated rings. The summed E-state index contributed by atoms with van der Waals surface area (Å²) in [5, 5.41) is 0. The number of carbonyl (C=O) groups excluding carboxylic acids is 1. The summed E-state index contributed by atoms with van der Waals surface area (Å²) in [4.78, 5) is 14.5. The predicted molar refractivity (Wildman–Crippen MR) is 93.7 cm³/mol. The molecule has 1 heterocycles. The van der Waals surface area contributed by atoms with Crippen molar-refractivity contribution >= 4 is 27.1 Å². The Labute approximate surface area is 147 Å². The maximum Gasteiger partial charge on any atom is 0.241 e. The van der Waals surface area contributed by atoms with Crippen LogP contribution in [-0.2, 0) is 34.1 Å². The molecule has 0 aliphatic heterocycles. The average Bonchev–Trinajstić information content (AvgIpc) is 3.42. The minimum absolute atomic E-state index is 0.0106. The van der Waals surface area contributed by atoms with Crippen molar-refractivity contribution in [3.63, 3.8) is 0 Å². The summed E-state index contributed by atoms with van der Waals surface area (Å²) in [6, 6.07) is 0.0106. The fraction of sp³-hybridized carbons (Fsp3) is 0.706. The van der Waals surface area contributed by atoms with Crippen LogP contribution in [0.15, 0.2) is 4.90 Å². The molecule has 0 amide bonds. The number of hydrogen-bond donors (Lipinski definition) is 2. The maximum absolute atomic E-state index is 12.9. The molecule has 1 unspecified atom stereocenters. The van der Waals surface area contributed by atoms with E-state index in [2.05, 4.69) is 4.72 Å². The zero-order valence-electron chi connectivity index (χ0n) is 13.7. The number of aryl methyl sites for hydroxylation is 1. The van der Waals surface area contributed by atoms with E-state index in [9.17, 15) is 13.2 Å². The van der Waals surface area contributed by atoms with E-state index in [0.29, 0.717) is 23.8 Å². The van der Waals surface area contributed by atoms with Gasteiger partial charge in [-0.2, -0.15) is 0 Å². The van der Waals surface area contributed by atoms with Gasteiger partial charge in [-0.1, -0.05) is 0 Å². The van der Waals surface area contributed by atoms with Gasteiger partial charge in [0.15, 0.2) is 0 Å². The Hall–Kier alpha value is -0.760. The Morgan fingerprint density at radius 2 is 1.96 bits per heavy atom. The number of sulfonamides is 1. The van der Waals surface area contributed by atoms with Gasteiger partial charge in [0.2, 0.25) is 10.0 Å². The highest BCUT2D eigenvalue weighted by Crippen LogP contribution is 2.39. The van der Waals surface area contributed by atoms with E-state index in [1.165, 1.54) is 11.3 Å². The summed E-state index contributed by atoms with van der Waals surface area (Å²) in [5.41, 5.74) is 6.96. The van der Waals surface area contributed by atoms with Crippen molar-refractivity contribution < 1.29 is 13.2 Å². The van der Waals surface area contributed by atoms with E-state index in [4.69, 9.17) is 5.73 Å². The van der Waals surface area contributed by atoms with Gasteiger partial charge in [0, 0.05) is 34.7 Å². The van der Waals surface area contributed by atoms with Gasteiger partial charge in [-0.3, -0.25) is 4.79 Å². The monoisotopic (exact) mass is 368 g/mol. The quantitative estimate of drug-likeness (QED) is 0.768. The van der Waals surface area contributed by atoms with Crippen molar-refractivity contribution in [1.29, 1.82) is 0 Å². The van der Waals surface area contributed by atoms with Gasteiger partial charge < -0.3 is 5.73 Å².